The highest BCUT2D eigenvalue weighted by atomic mass is 16.5. The van der Waals surface area contributed by atoms with Crippen molar-refractivity contribution >= 4 is 0 Å². The summed E-state index contributed by atoms with van der Waals surface area (Å²) in [5, 5.41) is 6.97. The van der Waals surface area contributed by atoms with Gasteiger partial charge in [0.05, 0.1) is 19.4 Å². The van der Waals surface area contributed by atoms with Crippen molar-refractivity contribution in [2.45, 2.75) is 6.92 Å². The van der Waals surface area contributed by atoms with E-state index in [9.17, 15) is 0 Å². The molecule has 4 heteroatoms. The summed E-state index contributed by atoms with van der Waals surface area (Å²) in [5.41, 5.74) is 1.99. The highest BCUT2D eigenvalue weighted by Crippen LogP contribution is 2.23. The monoisotopic (exact) mass is 218 g/mol. The molecule has 4 nitrogen and oxygen atoms in total. The fourth-order valence-corrected chi connectivity index (χ4v) is 1.44. The molecular formula is C12H14N2O2. The Morgan fingerprint density at radius 2 is 2.00 bits per heavy atom. The number of ether oxygens (including phenoxy) is 2. The average Bonchev–Trinajstić information content (AvgIpc) is 2.78. The van der Waals surface area contributed by atoms with Crippen molar-refractivity contribution in [2.75, 3.05) is 13.7 Å². The van der Waals surface area contributed by atoms with E-state index >= 15 is 0 Å². The lowest BCUT2D eigenvalue weighted by molar-refractivity contribution is 0.326. The number of hydrogen-bond acceptors (Lipinski definition) is 3. The van der Waals surface area contributed by atoms with Gasteiger partial charge in [0.25, 0.3) is 0 Å². The number of aromatic amines is 1. The summed E-state index contributed by atoms with van der Waals surface area (Å²) in [6.45, 7) is 2.55. The fourth-order valence-electron chi connectivity index (χ4n) is 1.44. The number of aromatic nitrogens is 2. The maximum Gasteiger partial charge on any atom is 0.233 e. The normalized spacial score (nSPS) is 10.1. The van der Waals surface area contributed by atoms with Crippen LogP contribution in [-0.2, 0) is 0 Å². The van der Waals surface area contributed by atoms with Gasteiger partial charge in [-0.1, -0.05) is 0 Å². The third kappa shape index (κ3) is 2.16. The van der Waals surface area contributed by atoms with Crippen LogP contribution in [0.5, 0.6) is 11.6 Å². The molecule has 0 atom stereocenters. The zero-order chi connectivity index (χ0) is 11.4. The van der Waals surface area contributed by atoms with E-state index in [4.69, 9.17) is 9.47 Å². The number of nitrogens with zero attached hydrogens (tertiary/aromatic N) is 1. The lowest BCUT2D eigenvalue weighted by Crippen LogP contribution is -1.90. The number of methoxy groups -OCH3 is 1. The molecule has 0 amide bonds. The van der Waals surface area contributed by atoms with Crippen LogP contribution < -0.4 is 9.47 Å². The van der Waals surface area contributed by atoms with E-state index in [0.29, 0.717) is 12.5 Å². The van der Waals surface area contributed by atoms with Gasteiger partial charge >= 0.3 is 0 Å². The van der Waals surface area contributed by atoms with Crippen LogP contribution in [-0.4, -0.2) is 23.9 Å². The third-order valence-corrected chi connectivity index (χ3v) is 2.25. The maximum atomic E-state index is 5.29. The minimum atomic E-state index is 0.618. The largest absolute Gasteiger partial charge is 0.497 e. The van der Waals surface area contributed by atoms with Crippen molar-refractivity contribution < 1.29 is 9.47 Å². The van der Waals surface area contributed by atoms with Gasteiger partial charge in [-0.3, -0.25) is 5.10 Å². The highest BCUT2D eigenvalue weighted by molar-refractivity contribution is 5.60. The van der Waals surface area contributed by atoms with E-state index in [1.807, 2.05) is 37.3 Å². The lowest BCUT2D eigenvalue weighted by Gasteiger charge is -2.00. The minimum Gasteiger partial charge on any atom is -0.497 e. The topological polar surface area (TPSA) is 47.1 Å². The Kier molecular flexibility index (Phi) is 3.10. The molecule has 0 unspecified atom stereocenters. The molecule has 0 spiro atoms. The Hall–Kier alpha value is -1.97. The van der Waals surface area contributed by atoms with Crippen LogP contribution in [0.4, 0.5) is 0 Å². The molecule has 1 N–H and O–H groups in total. The summed E-state index contributed by atoms with van der Waals surface area (Å²) < 4.78 is 10.4. The van der Waals surface area contributed by atoms with Gasteiger partial charge in [0, 0.05) is 6.07 Å². The van der Waals surface area contributed by atoms with Crippen LogP contribution in [0.3, 0.4) is 0 Å². The number of rotatable bonds is 4. The molecule has 0 saturated carbocycles. The first-order valence-electron chi connectivity index (χ1n) is 5.16. The molecule has 0 aliphatic heterocycles. The predicted molar refractivity (Wildman–Crippen MR) is 61.7 cm³/mol. The Balaban J connectivity index is 2.21. The molecule has 0 fully saturated rings. The molecule has 2 rings (SSSR count). The van der Waals surface area contributed by atoms with Crippen LogP contribution >= 0.6 is 0 Å². The van der Waals surface area contributed by atoms with E-state index in [-0.39, 0.29) is 0 Å². The maximum absolute atomic E-state index is 5.29. The number of benzene rings is 1. The summed E-state index contributed by atoms with van der Waals surface area (Å²) in [6, 6.07) is 9.66. The molecule has 0 saturated heterocycles. The zero-order valence-electron chi connectivity index (χ0n) is 9.36. The first kappa shape index (κ1) is 10.5. The number of hydrogen-bond donors (Lipinski definition) is 1. The second-order valence-electron chi connectivity index (χ2n) is 3.28. The second-order valence-corrected chi connectivity index (χ2v) is 3.28. The molecule has 1 heterocycles. The van der Waals surface area contributed by atoms with Crippen molar-refractivity contribution in [1.82, 2.24) is 10.2 Å². The van der Waals surface area contributed by atoms with Crippen LogP contribution in [0.25, 0.3) is 11.3 Å². The summed E-state index contributed by atoms with van der Waals surface area (Å²) in [7, 11) is 1.65. The van der Waals surface area contributed by atoms with Gasteiger partial charge in [-0.25, -0.2) is 0 Å². The molecule has 16 heavy (non-hydrogen) atoms. The molecule has 1 aromatic heterocycles. The van der Waals surface area contributed by atoms with Gasteiger partial charge in [0.15, 0.2) is 0 Å². The van der Waals surface area contributed by atoms with Crippen LogP contribution in [0.15, 0.2) is 30.3 Å². The smallest absolute Gasteiger partial charge is 0.233 e. The van der Waals surface area contributed by atoms with Gasteiger partial charge in [0.1, 0.15) is 5.75 Å². The quantitative estimate of drug-likeness (QED) is 0.857. The van der Waals surface area contributed by atoms with Crippen molar-refractivity contribution in [1.29, 1.82) is 0 Å². The predicted octanol–water partition coefficient (Wildman–Crippen LogP) is 2.48. The molecule has 0 bridgehead atoms. The molecule has 0 radical (unpaired) electrons. The fraction of sp³-hybridized carbons (Fsp3) is 0.250. The van der Waals surface area contributed by atoms with Gasteiger partial charge in [0.2, 0.25) is 5.88 Å². The summed E-state index contributed by atoms with van der Waals surface area (Å²) in [4.78, 5) is 0. The highest BCUT2D eigenvalue weighted by Gasteiger charge is 2.03. The van der Waals surface area contributed by atoms with E-state index in [1.54, 1.807) is 7.11 Å². The summed E-state index contributed by atoms with van der Waals surface area (Å²) in [6.07, 6.45) is 0. The number of H-pyrrole nitrogens is 1. The summed E-state index contributed by atoms with van der Waals surface area (Å²) >= 11 is 0. The minimum absolute atomic E-state index is 0.618. The third-order valence-electron chi connectivity index (χ3n) is 2.25. The molecule has 0 aliphatic carbocycles. The van der Waals surface area contributed by atoms with E-state index < -0.39 is 0 Å². The van der Waals surface area contributed by atoms with Gasteiger partial charge in [-0.05, 0) is 36.8 Å². The second kappa shape index (κ2) is 4.70. The van der Waals surface area contributed by atoms with Crippen molar-refractivity contribution in [2.24, 2.45) is 0 Å². The number of nitrogens with one attached hydrogen (secondary N) is 1. The van der Waals surface area contributed by atoms with Gasteiger partial charge in [-0.15, -0.1) is 5.10 Å². The molecule has 0 aliphatic rings. The van der Waals surface area contributed by atoms with Crippen LogP contribution in [0.2, 0.25) is 0 Å². The molecule has 1 aromatic carbocycles. The molecule has 84 valence electrons. The van der Waals surface area contributed by atoms with Crippen LogP contribution in [0.1, 0.15) is 6.92 Å². The van der Waals surface area contributed by atoms with Crippen molar-refractivity contribution in [3.05, 3.63) is 30.3 Å². The Morgan fingerprint density at radius 1 is 1.25 bits per heavy atom. The van der Waals surface area contributed by atoms with E-state index in [2.05, 4.69) is 10.2 Å². The Labute approximate surface area is 94.2 Å². The molecule has 2 aromatic rings. The average molecular weight is 218 g/mol. The van der Waals surface area contributed by atoms with Gasteiger partial charge in [-0.2, -0.15) is 0 Å². The first-order valence-corrected chi connectivity index (χ1v) is 5.16. The van der Waals surface area contributed by atoms with Crippen molar-refractivity contribution in [3.63, 3.8) is 0 Å². The summed E-state index contributed by atoms with van der Waals surface area (Å²) in [5.74, 6) is 1.46. The van der Waals surface area contributed by atoms with E-state index in [0.717, 1.165) is 17.0 Å². The van der Waals surface area contributed by atoms with Gasteiger partial charge < -0.3 is 9.47 Å². The lowest BCUT2D eigenvalue weighted by atomic mass is 10.1. The Morgan fingerprint density at radius 3 is 2.62 bits per heavy atom. The Bertz CT molecular complexity index is 448. The SMILES string of the molecule is CCOc1cc(-c2ccc(OC)cc2)[nH]n1. The standard InChI is InChI=1S/C12H14N2O2/c1-3-16-12-8-11(13-14-12)9-4-6-10(15-2)7-5-9/h4-8H,3H2,1-2H3,(H,13,14). The molecular weight excluding hydrogens is 204 g/mol. The van der Waals surface area contributed by atoms with Crippen LogP contribution in [0, 0.1) is 0 Å². The zero-order valence-corrected chi connectivity index (χ0v) is 9.36. The van der Waals surface area contributed by atoms with Crippen molar-refractivity contribution in [3.8, 4) is 22.9 Å². The first-order chi connectivity index (χ1) is 7.83. The van der Waals surface area contributed by atoms with E-state index in [1.165, 1.54) is 0 Å².